The van der Waals surface area contributed by atoms with Crippen molar-refractivity contribution in [2.24, 2.45) is 0 Å². The van der Waals surface area contributed by atoms with Crippen molar-refractivity contribution in [3.63, 3.8) is 0 Å². The fourth-order valence-corrected chi connectivity index (χ4v) is 1.84. The number of nitrogens with zero attached hydrogens (tertiary/aromatic N) is 2. The molecule has 3 rings (SSSR count). The maximum absolute atomic E-state index is 5.60. The van der Waals surface area contributed by atoms with Crippen molar-refractivity contribution in [2.75, 3.05) is 5.43 Å². The lowest BCUT2D eigenvalue weighted by atomic mass is 10.2. The molecule has 0 amide bonds. The van der Waals surface area contributed by atoms with Gasteiger partial charge in [0, 0.05) is 18.0 Å². The maximum atomic E-state index is 5.60. The fourth-order valence-electron chi connectivity index (χ4n) is 1.84. The third-order valence-corrected chi connectivity index (χ3v) is 2.76. The third kappa shape index (κ3) is 2.02. The molecule has 18 heavy (non-hydrogen) atoms. The molecule has 5 heteroatoms. The van der Waals surface area contributed by atoms with Gasteiger partial charge in [-0.15, -0.1) is 0 Å². The van der Waals surface area contributed by atoms with E-state index >= 15 is 0 Å². The van der Waals surface area contributed by atoms with Crippen molar-refractivity contribution in [1.29, 1.82) is 0 Å². The normalized spacial score (nSPS) is 10.7. The highest BCUT2D eigenvalue weighted by Gasteiger charge is 2.10. The highest BCUT2D eigenvalue weighted by molar-refractivity contribution is 5.56. The minimum Gasteiger partial charge on any atom is -0.460 e. The molecule has 2 N–H and O–H groups in total. The van der Waals surface area contributed by atoms with E-state index in [0.29, 0.717) is 6.54 Å². The summed E-state index contributed by atoms with van der Waals surface area (Å²) < 4.78 is 7.51. The molecule has 0 unspecified atom stereocenters. The monoisotopic (exact) mass is 242 g/mol. The lowest BCUT2D eigenvalue weighted by molar-refractivity contribution is 0.545. The Morgan fingerprint density at radius 2 is 2.17 bits per heavy atom. The quantitative estimate of drug-likeness (QED) is 0.739. The Balaban J connectivity index is 1.79. The van der Waals surface area contributed by atoms with Crippen LogP contribution in [0, 0.1) is 6.92 Å². The average Bonchev–Trinajstić information content (AvgIpc) is 3.07. The molecule has 3 heterocycles. The van der Waals surface area contributed by atoms with E-state index in [9.17, 15) is 0 Å². The Hall–Kier alpha value is -2.43. The first-order chi connectivity index (χ1) is 8.83. The van der Waals surface area contributed by atoms with E-state index in [0.717, 1.165) is 22.8 Å². The van der Waals surface area contributed by atoms with Crippen LogP contribution in [0.4, 0.5) is 0 Å². The molecule has 5 nitrogen and oxygen atoms in total. The summed E-state index contributed by atoms with van der Waals surface area (Å²) in [6.07, 6.45) is 5.72. The van der Waals surface area contributed by atoms with Crippen LogP contribution in [0.2, 0.25) is 0 Å². The van der Waals surface area contributed by atoms with Crippen LogP contribution in [0.3, 0.4) is 0 Å². The Labute approximate surface area is 104 Å². The van der Waals surface area contributed by atoms with Crippen LogP contribution in [-0.4, -0.2) is 14.9 Å². The Morgan fingerprint density at radius 3 is 2.89 bits per heavy atom. The number of aryl methyl sites for hydroxylation is 1. The van der Waals surface area contributed by atoms with Gasteiger partial charge in [0.05, 0.1) is 12.7 Å². The van der Waals surface area contributed by atoms with Gasteiger partial charge in [0.2, 0.25) is 0 Å². The Kier molecular flexibility index (Phi) is 2.64. The first kappa shape index (κ1) is 10.7. The van der Waals surface area contributed by atoms with E-state index in [-0.39, 0.29) is 0 Å². The predicted octanol–water partition coefficient (Wildman–Crippen LogP) is 2.52. The summed E-state index contributed by atoms with van der Waals surface area (Å²) in [7, 11) is 0. The first-order valence-corrected chi connectivity index (χ1v) is 5.79. The second kappa shape index (κ2) is 4.44. The van der Waals surface area contributed by atoms with Gasteiger partial charge < -0.3 is 9.84 Å². The van der Waals surface area contributed by atoms with E-state index in [1.165, 1.54) is 0 Å². The van der Waals surface area contributed by atoms with Crippen LogP contribution in [0.1, 0.15) is 11.3 Å². The summed E-state index contributed by atoms with van der Waals surface area (Å²) in [6.45, 7) is 2.61. The minimum absolute atomic E-state index is 0.681. The smallest absolute Gasteiger partial charge is 0.152 e. The number of aromatic amines is 1. The second-order valence-corrected chi connectivity index (χ2v) is 4.11. The summed E-state index contributed by atoms with van der Waals surface area (Å²) in [5.74, 6) is 1.71. The van der Waals surface area contributed by atoms with Gasteiger partial charge in [0.1, 0.15) is 11.5 Å². The SMILES string of the molecule is Cc1ccc(-c2[nH]ncc2CNn2cccc2)o1. The summed E-state index contributed by atoms with van der Waals surface area (Å²) in [5, 5.41) is 7.05. The summed E-state index contributed by atoms with van der Waals surface area (Å²) in [6, 6.07) is 7.83. The maximum Gasteiger partial charge on any atom is 0.152 e. The minimum atomic E-state index is 0.681. The van der Waals surface area contributed by atoms with Gasteiger partial charge in [-0.1, -0.05) is 0 Å². The van der Waals surface area contributed by atoms with E-state index < -0.39 is 0 Å². The highest BCUT2D eigenvalue weighted by Crippen LogP contribution is 2.23. The van der Waals surface area contributed by atoms with E-state index in [4.69, 9.17) is 4.42 Å². The molecule has 0 saturated carbocycles. The molecule has 0 fully saturated rings. The molecule has 0 aromatic carbocycles. The number of hydrogen-bond acceptors (Lipinski definition) is 3. The van der Waals surface area contributed by atoms with Crippen molar-refractivity contribution in [3.8, 4) is 11.5 Å². The van der Waals surface area contributed by atoms with Gasteiger partial charge in [-0.25, -0.2) is 0 Å². The number of aromatic nitrogens is 3. The summed E-state index contributed by atoms with van der Waals surface area (Å²) in [4.78, 5) is 0. The van der Waals surface area contributed by atoms with Crippen molar-refractivity contribution in [2.45, 2.75) is 13.5 Å². The lowest BCUT2D eigenvalue weighted by Crippen LogP contribution is -2.11. The molecular formula is C13H14N4O. The summed E-state index contributed by atoms with van der Waals surface area (Å²) in [5.41, 5.74) is 5.25. The lowest BCUT2D eigenvalue weighted by Gasteiger charge is -2.06. The third-order valence-electron chi connectivity index (χ3n) is 2.76. The van der Waals surface area contributed by atoms with E-state index in [1.54, 1.807) is 0 Å². The van der Waals surface area contributed by atoms with Gasteiger partial charge in [0.25, 0.3) is 0 Å². The van der Waals surface area contributed by atoms with Gasteiger partial charge in [0.15, 0.2) is 5.76 Å². The van der Waals surface area contributed by atoms with Crippen molar-refractivity contribution in [3.05, 3.63) is 54.2 Å². The zero-order valence-corrected chi connectivity index (χ0v) is 10.1. The fraction of sp³-hybridized carbons (Fsp3) is 0.154. The Bertz CT molecular complexity index is 621. The molecule has 0 atom stereocenters. The molecule has 0 radical (unpaired) electrons. The summed E-state index contributed by atoms with van der Waals surface area (Å²) >= 11 is 0. The van der Waals surface area contributed by atoms with E-state index in [1.807, 2.05) is 54.5 Å². The standard InChI is InChI=1S/C13H14N4O/c1-10-4-5-12(18-10)13-11(8-14-16-13)9-15-17-6-2-3-7-17/h2-8,15H,9H2,1H3,(H,14,16). The molecule has 0 bridgehead atoms. The average molecular weight is 242 g/mol. The van der Waals surface area contributed by atoms with Crippen molar-refractivity contribution >= 4 is 0 Å². The van der Waals surface area contributed by atoms with Crippen LogP contribution in [-0.2, 0) is 6.54 Å². The van der Waals surface area contributed by atoms with Crippen LogP contribution in [0.15, 0.2) is 47.3 Å². The zero-order chi connectivity index (χ0) is 12.4. The highest BCUT2D eigenvalue weighted by atomic mass is 16.3. The van der Waals surface area contributed by atoms with Gasteiger partial charge in [-0.05, 0) is 31.2 Å². The molecule has 3 aromatic rings. The van der Waals surface area contributed by atoms with Crippen LogP contribution < -0.4 is 5.43 Å². The number of hydrogen-bond donors (Lipinski definition) is 2. The molecule has 0 aliphatic carbocycles. The van der Waals surface area contributed by atoms with Gasteiger partial charge in [-0.3, -0.25) is 9.77 Å². The van der Waals surface area contributed by atoms with Crippen LogP contribution in [0.25, 0.3) is 11.5 Å². The van der Waals surface area contributed by atoms with Gasteiger partial charge in [-0.2, -0.15) is 5.10 Å². The number of nitrogens with one attached hydrogen (secondary N) is 2. The second-order valence-electron chi connectivity index (χ2n) is 4.11. The topological polar surface area (TPSA) is 58.8 Å². The van der Waals surface area contributed by atoms with Gasteiger partial charge >= 0.3 is 0 Å². The van der Waals surface area contributed by atoms with Crippen LogP contribution >= 0.6 is 0 Å². The van der Waals surface area contributed by atoms with Crippen molar-refractivity contribution < 1.29 is 4.42 Å². The molecule has 0 aliphatic rings. The van der Waals surface area contributed by atoms with Crippen molar-refractivity contribution in [1.82, 2.24) is 14.9 Å². The van der Waals surface area contributed by atoms with Crippen LogP contribution in [0.5, 0.6) is 0 Å². The molecule has 3 aromatic heterocycles. The molecular weight excluding hydrogens is 228 g/mol. The zero-order valence-electron chi connectivity index (χ0n) is 10.1. The Morgan fingerprint density at radius 1 is 1.33 bits per heavy atom. The number of H-pyrrole nitrogens is 1. The molecule has 92 valence electrons. The largest absolute Gasteiger partial charge is 0.460 e. The number of rotatable bonds is 4. The predicted molar refractivity (Wildman–Crippen MR) is 68.5 cm³/mol. The molecule has 0 saturated heterocycles. The number of furan rings is 1. The van der Waals surface area contributed by atoms with E-state index in [2.05, 4.69) is 15.6 Å². The molecule has 0 aliphatic heterocycles. The first-order valence-electron chi connectivity index (χ1n) is 5.79. The molecule has 0 spiro atoms.